The van der Waals surface area contributed by atoms with Crippen molar-refractivity contribution in [2.45, 2.75) is 32.9 Å². The maximum Gasteiger partial charge on any atom is 0.416 e. The first kappa shape index (κ1) is 17.9. The number of benzene rings is 1. The predicted octanol–water partition coefficient (Wildman–Crippen LogP) is 3.87. The van der Waals surface area contributed by atoms with Gasteiger partial charge in [0.05, 0.1) is 16.3 Å². The SMILES string of the molecule is CC1(C)C2CCC1(C(=O)Nc1cc(C(F)(F)F)ccc1Cl)C(=O)C2=O. The highest BCUT2D eigenvalue weighted by molar-refractivity contribution is 6.48. The monoisotopic (exact) mass is 373 g/mol. The van der Waals surface area contributed by atoms with Gasteiger partial charge in [-0.15, -0.1) is 0 Å². The second kappa shape index (κ2) is 5.30. The topological polar surface area (TPSA) is 63.2 Å². The molecule has 1 aromatic rings. The Kier molecular flexibility index (Phi) is 3.80. The third kappa shape index (κ3) is 2.32. The molecule has 0 heterocycles. The average Bonchev–Trinajstić information content (AvgIpc) is 2.84. The molecule has 1 N–H and O–H groups in total. The third-order valence-electron chi connectivity index (χ3n) is 5.64. The van der Waals surface area contributed by atoms with Crippen molar-refractivity contribution >= 4 is 34.8 Å². The predicted molar refractivity (Wildman–Crippen MR) is 84.0 cm³/mol. The Balaban J connectivity index is 1.98. The van der Waals surface area contributed by atoms with Crippen molar-refractivity contribution in [1.29, 1.82) is 0 Å². The summed E-state index contributed by atoms with van der Waals surface area (Å²) in [6.45, 7) is 3.33. The van der Waals surface area contributed by atoms with Crippen LogP contribution in [0.4, 0.5) is 18.9 Å². The number of alkyl halides is 3. The molecule has 2 bridgehead atoms. The van der Waals surface area contributed by atoms with Crippen LogP contribution in [-0.2, 0) is 20.6 Å². The molecule has 1 aromatic carbocycles. The van der Waals surface area contributed by atoms with Crippen LogP contribution in [0.15, 0.2) is 18.2 Å². The molecule has 3 rings (SSSR count). The van der Waals surface area contributed by atoms with Gasteiger partial charge in [-0.2, -0.15) is 13.2 Å². The Morgan fingerprint density at radius 3 is 2.44 bits per heavy atom. The van der Waals surface area contributed by atoms with Gasteiger partial charge in [-0.1, -0.05) is 25.4 Å². The Hall–Kier alpha value is -1.89. The molecule has 2 saturated carbocycles. The molecule has 1 amide bonds. The molecule has 2 aliphatic rings. The van der Waals surface area contributed by atoms with Gasteiger partial charge < -0.3 is 5.32 Å². The molecular weight excluding hydrogens is 359 g/mol. The summed E-state index contributed by atoms with van der Waals surface area (Å²) in [4.78, 5) is 37.4. The van der Waals surface area contributed by atoms with E-state index in [4.69, 9.17) is 11.6 Å². The second-order valence-corrected chi connectivity index (χ2v) is 7.47. The van der Waals surface area contributed by atoms with E-state index in [9.17, 15) is 27.6 Å². The molecule has 8 heteroatoms. The Bertz CT molecular complexity index is 803. The normalized spacial score (nSPS) is 27.7. The summed E-state index contributed by atoms with van der Waals surface area (Å²) in [5.74, 6) is -2.67. The molecule has 25 heavy (non-hydrogen) atoms. The molecule has 2 fully saturated rings. The van der Waals surface area contributed by atoms with E-state index in [2.05, 4.69) is 5.32 Å². The number of carbonyl (C=O) groups excluding carboxylic acids is 3. The minimum absolute atomic E-state index is 0.0816. The highest BCUT2D eigenvalue weighted by Gasteiger charge is 2.72. The van der Waals surface area contributed by atoms with E-state index in [-0.39, 0.29) is 17.1 Å². The van der Waals surface area contributed by atoms with E-state index in [1.165, 1.54) is 0 Å². The summed E-state index contributed by atoms with van der Waals surface area (Å²) in [6, 6.07) is 2.55. The fourth-order valence-electron chi connectivity index (χ4n) is 4.11. The van der Waals surface area contributed by atoms with Gasteiger partial charge in [-0.3, -0.25) is 14.4 Å². The van der Waals surface area contributed by atoms with Crippen LogP contribution in [-0.4, -0.2) is 17.5 Å². The number of halogens is 4. The largest absolute Gasteiger partial charge is 0.416 e. The van der Waals surface area contributed by atoms with Gasteiger partial charge in [0.15, 0.2) is 0 Å². The highest BCUT2D eigenvalue weighted by Crippen LogP contribution is 2.62. The van der Waals surface area contributed by atoms with Crippen LogP contribution < -0.4 is 5.32 Å². The fourth-order valence-corrected chi connectivity index (χ4v) is 4.28. The van der Waals surface area contributed by atoms with Crippen LogP contribution in [0.5, 0.6) is 0 Å². The number of ketones is 2. The zero-order valence-corrected chi connectivity index (χ0v) is 14.2. The molecule has 2 unspecified atom stereocenters. The fraction of sp³-hybridized carbons (Fsp3) is 0.471. The lowest BCUT2D eigenvalue weighted by Gasteiger charge is -2.34. The van der Waals surface area contributed by atoms with Gasteiger partial charge in [0.1, 0.15) is 5.41 Å². The van der Waals surface area contributed by atoms with E-state index in [1.54, 1.807) is 13.8 Å². The lowest BCUT2D eigenvalue weighted by molar-refractivity contribution is -0.147. The molecule has 2 aliphatic carbocycles. The minimum atomic E-state index is -4.60. The van der Waals surface area contributed by atoms with E-state index in [1.807, 2.05) is 0 Å². The minimum Gasteiger partial charge on any atom is -0.324 e. The van der Waals surface area contributed by atoms with E-state index in [0.717, 1.165) is 18.2 Å². The van der Waals surface area contributed by atoms with Crippen LogP contribution in [0.2, 0.25) is 5.02 Å². The first-order valence-corrected chi connectivity index (χ1v) is 8.07. The average molecular weight is 374 g/mol. The van der Waals surface area contributed by atoms with Crippen LogP contribution in [0, 0.1) is 16.7 Å². The van der Waals surface area contributed by atoms with Gasteiger partial charge in [-0.05, 0) is 36.5 Å². The van der Waals surface area contributed by atoms with Crippen molar-refractivity contribution in [3.05, 3.63) is 28.8 Å². The first-order valence-electron chi connectivity index (χ1n) is 7.70. The summed E-state index contributed by atoms with van der Waals surface area (Å²) in [6.07, 6.45) is -4.00. The van der Waals surface area contributed by atoms with Crippen LogP contribution in [0.1, 0.15) is 32.3 Å². The van der Waals surface area contributed by atoms with Crippen molar-refractivity contribution in [1.82, 2.24) is 0 Å². The number of amides is 1. The summed E-state index contributed by atoms with van der Waals surface area (Å²) < 4.78 is 38.6. The van der Waals surface area contributed by atoms with Crippen molar-refractivity contribution in [3.8, 4) is 0 Å². The zero-order chi connectivity index (χ0) is 18.8. The number of Topliss-reactive ketones (excluding diaryl/α,β-unsaturated/α-hetero) is 2. The standard InChI is InChI=1S/C17H15ClF3NO3/c1-15(2)9-5-6-16(15,13(24)12(9)23)14(25)22-11-7-8(17(19,20)21)3-4-10(11)18/h3-4,7,9H,5-6H2,1-2H3,(H,22,25). The number of fused-ring (bicyclic) bond motifs is 2. The maximum absolute atomic E-state index is 12.9. The summed E-state index contributed by atoms with van der Waals surface area (Å²) in [5, 5.41) is 2.26. The maximum atomic E-state index is 12.9. The van der Waals surface area contributed by atoms with Gasteiger partial charge in [0.25, 0.3) is 0 Å². The summed E-state index contributed by atoms with van der Waals surface area (Å²) in [5.41, 5.74) is -3.66. The second-order valence-electron chi connectivity index (χ2n) is 7.06. The van der Waals surface area contributed by atoms with Gasteiger partial charge in [0, 0.05) is 5.92 Å². The third-order valence-corrected chi connectivity index (χ3v) is 5.97. The quantitative estimate of drug-likeness (QED) is 0.632. The van der Waals surface area contributed by atoms with E-state index >= 15 is 0 Å². The van der Waals surface area contributed by atoms with Crippen LogP contribution in [0.3, 0.4) is 0 Å². The number of hydrogen-bond acceptors (Lipinski definition) is 3. The molecular formula is C17H15ClF3NO3. The number of nitrogens with one attached hydrogen (secondary N) is 1. The Morgan fingerprint density at radius 1 is 1.28 bits per heavy atom. The summed E-state index contributed by atoms with van der Waals surface area (Å²) >= 11 is 5.90. The Labute approximate surface area is 146 Å². The van der Waals surface area contributed by atoms with Gasteiger partial charge >= 0.3 is 6.18 Å². The van der Waals surface area contributed by atoms with Crippen molar-refractivity contribution < 1.29 is 27.6 Å². The lowest BCUT2D eigenvalue weighted by atomic mass is 9.68. The number of carbonyl (C=O) groups is 3. The van der Waals surface area contributed by atoms with E-state index in [0.29, 0.717) is 6.42 Å². The van der Waals surface area contributed by atoms with Crippen molar-refractivity contribution in [2.24, 2.45) is 16.7 Å². The van der Waals surface area contributed by atoms with E-state index < -0.39 is 46.0 Å². The molecule has 0 aliphatic heterocycles. The van der Waals surface area contributed by atoms with Crippen molar-refractivity contribution in [3.63, 3.8) is 0 Å². The molecule has 4 nitrogen and oxygen atoms in total. The zero-order valence-electron chi connectivity index (χ0n) is 13.5. The summed E-state index contributed by atoms with van der Waals surface area (Å²) in [7, 11) is 0. The molecule has 0 saturated heterocycles. The smallest absolute Gasteiger partial charge is 0.324 e. The first-order chi connectivity index (χ1) is 11.4. The molecule has 0 spiro atoms. The van der Waals surface area contributed by atoms with Crippen molar-refractivity contribution in [2.75, 3.05) is 5.32 Å². The number of rotatable bonds is 2. The Morgan fingerprint density at radius 2 is 1.92 bits per heavy atom. The lowest BCUT2D eigenvalue weighted by Crippen LogP contribution is -2.47. The molecule has 134 valence electrons. The van der Waals surface area contributed by atoms with Crippen LogP contribution >= 0.6 is 11.6 Å². The number of anilines is 1. The van der Waals surface area contributed by atoms with Crippen LogP contribution in [0.25, 0.3) is 0 Å². The molecule has 0 radical (unpaired) electrons. The number of hydrogen-bond donors (Lipinski definition) is 1. The highest BCUT2D eigenvalue weighted by atomic mass is 35.5. The molecule has 2 atom stereocenters. The van der Waals surface area contributed by atoms with Gasteiger partial charge in [-0.25, -0.2) is 0 Å². The molecule has 0 aromatic heterocycles. The van der Waals surface area contributed by atoms with Gasteiger partial charge in [0.2, 0.25) is 17.5 Å².